The molecule has 1 aromatic heterocycles. The van der Waals surface area contributed by atoms with E-state index in [-0.39, 0.29) is 27.3 Å². The van der Waals surface area contributed by atoms with Gasteiger partial charge in [0.25, 0.3) is 0 Å². The number of benzene rings is 3. The van der Waals surface area contributed by atoms with Gasteiger partial charge in [0.15, 0.2) is 10.9 Å². The molecule has 0 aliphatic rings. The van der Waals surface area contributed by atoms with Gasteiger partial charge in [0, 0.05) is 5.56 Å². The summed E-state index contributed by atoms with van der Waals surface area (Å²) < 4.78 is 40.6. The van der Waals surface area contributed by atoms with Crippen LogP contribution in [0, 0.1) is 0 Å². The van der Waals surface area contributed by atoms with Crippen molar-refractivity contribution in [3.8, 4) is 16.3 Å². The maximum atomic E-state index is 13.2. The van der Waals surface area contributed by atoms with Crippen LogP contribution in [-0.4, -0.2) is 15.2 Å². The fourth-order valence-electron chi connectivity index (χ4n) is 2.93. The molecule has 0 aliphatic carbocycles. The van der Waals surface area contributed by atoms with Crippen LogP contribution in [0.4, 0.5) is 24.5 Å². The maximum Gasteiger partial charge on any atom is 0.418 e. The van der Waals surface area contributed by atoms with Crippen molar-refractivity contribution in [3.05, 3.63) is 71.2 Å². The van der Waals surface area contributed by atoms with E-state index in [1.54, 1.807) is 12.1 Å². The molecule has 0 bridgehead atoms. The smallest absolute Gasteiger partial charge is 0.418 e. The predicted octanol–water partition coefficient (Wildman–Crippen LogP) is 7.15. The second kappa shape index (κ2) is 8.33. The average molecular weight is 480 g/mol. The number of rotatable bonds is 3. The lowest BCUT2D eigenvalue weighted by molar-refractivity contribution is -0.136. The Kier molecular flexibility index (Phi) is 5.74. The largest absolute Gasteiger partial charge is 0.504 e. The van der Waals surface area contributed by atoms with Gasteiger partial charge >= 0.3 is 6.18 Å². The lowest BCUT2D eigenvalue weighted by atomic mass is 10.1. The summed E-state index contributed by atoms with van der Waals surface area (Å²) in [6, 6.07) is 15.7. The van der Waals surface area contributed by atoms with Crippen LogP contribution in [0.2, 0.25) is 5.02 Å². The van der Waals surface area contributed by atoms with Gasteiger partial charge in [0.05, 0.1) is 32.2 Å². The fourth-order valence-corrected chi connectivity index (χ4v) is 4.32. The van der Waals surface area contributed by atoms with Crippen molar-refractivity contribution in [3.63, 3.8) is 0 Å². The van der Waals surface area contributed by atoms with E-state index in [0.29, 0.717) is 10.6 Å². The molecule has 0 radical (unpaired) electrons. The summed E-state index contributed by atoms with van der Waals surface area (Å²) in [6.07, 6.45) is -4.54. The Morgan fingerprint density at radius 1 is 1.00 bits per heavy atom. The minimum Gasteiger partial charge on any atom is -0.504 e. The highest BCUT2D eigenvalue weighted by molar-refractivity contribution is 7.80. The first-order chi connectivity index (χ1) is 14.7. The minimum absolute atomic E-state index is 0.0535. The predicted molar refractivity (Wildman–Crippen MR) is 123 cm³/mol. The summed E-state index contributed by atoms with van der Waals surface area (Å²) in [5.41, 5.74) is 0.529. The number of fused-ring (bicyclic) bond motifs is 1. The molecule has 4 rings (SSSR count). The van der Waals surface area contributed by atoms with Crippen LogP contribution in [0.1, 0.15) is 5.56 Å². The van der Waals surface area contributed by atoms with Gasteiger partial charge < -0.3 is 15.7 Å². The Balaban J connectivity index is 1.62. The summed E-state index contributed by atoms with van der Waals surface area (Å²) in [4.78, 5) is 4.56. The van der Waals surface area contributed by atoms with Gasteiger partial charge in [0.1, 0.15) is 5.01 Å². The van der Waals surface area contributed by atoms with Crippen molar-refractivity contribution in [2.75, 3.05) is 10.6 Å². The van der Waals surface area contributed by atoms with Crippen molar-refractivity contribution in [1.29, 1.82) is 0 Å². The molecule has 1 heterocycles. The molecule has 0 saturated carbocycles. The number of aromatic nitrogens is 1. The molecule has 0 atom stereocenters. The third-order valence-corrected chi connectivity index (χ3v) is 5.91. The number of para-hydroxylation sites is 2. The lowest BCUT2D eigenvalue weighted by Gasteiger charge is -2.17. The average Bonchev–Trinajstić information content (AvgIpc) is 3.15. The standard InChI is InChI=1S/C21H13ClF3N3OS2/c22-13-9-11(19-26-15-7-3-4-8-17(15)31-19)10-16(18(13)29)28-20(30)27-14-6-2-1-5-12(14)21(23,24)25/h1-10,29H,(H2,27,28,30). The van der Waals surface area contributed by atoms with E-state index >= 15 is 0 Å². The Morgan fingerprint density at radius 2 is 1.68 bits per heavy atom. The maximum absolute atomic E-state index is 13.2. The molecule has 4 aromatic rings. The molecule has 4 nitrogen and oxygen atoms in total. The summed E-state index contributed by atoms with van der Waals surface area (Å²) in [6.45, 7) is 0. The van der Waals surface area contributed by atoms with E-state index in [4.69, 9.17) is 23.8 Å². The molecule has 0 fully saturated rings. The molecule has 0 saturated heterocycles. The molecule has 31 heavy (non-hydrogen) atoms. The zero-order valence-electron chi connectivity index (χ0n) is 15.5. The van der Waals surface area contributed by atoms with Gasteiger partial charge in [-0.2, -0.15) is 13.2 Å². The van der Waals surface area contributed by atoms with Crippen molar-refractivity contribution in [2.24, 2.45) is 0 Å². The number of anilines is 2. The number of alkyl halides is 3. The van der Waals surface area contributed by atoms with Gasteiger partial charge in [0.2, 0.25) is 0 Å². The molecule has 158 valence electrons. The number of thiazole rings is 1. The van der Waals surface area contributed by atoms with E-state index in [1.807, 2.05) is 24.3 Å². The SMILES string of the molecule is Oc1c(Cl)cc(-c2nc3ccccc3s2)cc1NC(=S)Nc1ccccc1C(F)(F)F. The topological polar surface area (TPSA) is 57.2 Å². The highest BCUT2D eigenvalue weighted by Crippen LogP contribution is 2.39. The molecule has 3 aromatic carbocycles. The third kappa shape index (κ3) is 4.58. The molecule has 0 amide bonds. The van der Waals surface area contributed by atoms with Crippen LogP contribution in [0.5, 0.6) is 5.75 Å². The number of halogens is 4. The molecular weight excluding hydrogens is 467 g/mol. The highest BCUT2D eigenvalue weighted by Gasteiger charge is 2.33. The number of hydrogen-bond donors (Lipinski definition) is 3. The van der Waals surface area contributed by atoms with Crippen molar-refractivity contribution in [1.82, 2.24) is 4.98 Å². The fraction of sp³-hybridized carbons (Fsp3) is 0.0476. The molecular formula is C21H13ClF3N3OS2. The number of hydrogen-bond acceptors (Lipinski definition) is 4. The van der Waals surface area contributed by atoms with E-state index in [2.05, 4.69) is 15.6 Å². The molecule has 0 aliphatic heterocycles. The quantitative estimate of drug-likeness (QED) is 0.215. The van der Waals surface area contributed by atoms with Crippen LogP contribution < -0.4 is 10.6 Å². The number of phenolic OH excluding ortho intramolecular Hbond substituents is 1. The molecule has 0 spiro atoms. The van der Waals surface area contributed by atoms with E-state index in [0.717, 1.165) is 16.3 Å². The number of nitrogens with zero attached hydrogens (tertiary/aromatic N) is 1. The van der Waals surface area contributed by atoms with Crippen molar-refractivity contribution < 1.29 is 18.3 Å². The summed E-state index contributed by atoms with van der Waals surface area (Å²) >= 11 is 12.8. The number of thiocarbonyl (C=S) groups is 1. The zero-order chi connectivity index (χ0) is 22.2. The van der Waals surface area contributed by atoms with Crippen LogP contribution >= 0.6 is 35.2 Å². The minimum atomic E-state index is -4.54. The van der Waals surface area contributed by atoms with E-state index in [1.165, 1.54) is 29.5 Å². The number of nitrogens with one attached hydrogen (secondary N) is 2. The Bertz CT molecular complexity index is 1260. The summed E-state index contributed by atoms with van der Waals surface area (Å²) in [5.74, 6) is -0.278. The van der Waals surface area contributed by atoms with Gasteiger partial charge in [-0.3, -0.25) is 0 Å². The first kappa shape index (κ1) is 21.4. The Labute approximate surface area is 189 Å². The van der Waals surface area contributed by atoms with Crippen LogP contribution in [0.15, 0.2) is 60.7 Å². The van der Waals surface area contributed by atoms with Crippen LogP contribution in [0.3, 0.4) is 0 Å². The van der Waals surface area contributed by atoms with Crippen LogP contribution in [-0.2, 0) is 6.18 Å². The second-order valence-electron chi connectivity index (χ2n) is 6.46. The van der Waals surface area contributed by atoms with Crippen LogP contribution in [0.25, 0.3) is 20.8 Å². The first-order valence-corrected chi connectivity index (χ1v) is 10.5. The Morgan fingerprint density at radius 3 is 2.42 bits per heavy atom. The van der Waals surface area contributed by atoms with Crippen molar-refractivity contribution >= 4 is 61.9 Å². The van der Waals surface area contributed by atoms with Gasteiger partial charge in [-0.1, -0.05) is 35.9 Å². The van der Waals surface area contributed by atoms with E-state index in [9.17, 15) is 18.3 Å². The zero-order valence-corrected chi connectivity index (χ0v) is 17.9. The van der Waals surface area contributed by atoms with Crippen molar-refractivity contribution in [2.45, 2.75) is 6.18 Å². The summed E-state index contributed by atoms with van der Waals surface area (Å²) in [5, 5.41) is 16.2. The molecule has 0 unspecified atom stereocenters. The summed E-state index contributed by atoms with van der Waals surface area (Å²) in [7, 11) is 0. The third-order valence-electron chi connectivity index (χ3n) is 4.33. The Hall–Kier alpha value is -2.88. The highest BCUT2D eigenvalue weighted by atomic mass is 35.5. The lowest BCUT2D eigenvalue weighted by Crippen LogP contribution is -2.21. The second-order valence-corrected chi connectivity index (χ2v) is 8.31. The monoisotopic (exact) mass is 479 g/mol. The number of aromatic hydroxyl groups is 1. The molecule has 10 heteroatoms. The molecule has 3 N–H and O–H groups in total. The normalized spacial score (nSPS) is 11.5. The first-order valence-electron chi connectivity index (χ1n) is 8.85. The van der Waals surface area contributed by atoms with Gasteiger partial charge in [-0.15, -0.1) is 11.3 Å². The number of phenols is 1. The van der Waals surface area contributed by atoms with Gasteiger partial charge in [-0.05, 0) is 48.6 Å². The van der Waals surface area contributed by atoms with E-state index < -0.39 is 11.7 Å². The van der Waals surface area contributed by atoms with Gasteiger partial charge in [-0.25, -0.2) is 4.98 Å².